The lowest BCUT2D eigenvalue weighted by atomic mass is 10.1. The first-order chi connectivity index (χ1) is 13.4. The monoisotopic (exact) mass is 384 g/mol. The first-order valence-corrected chi connectivity index (χ1v) is 10.0. The van der Waals surface area contributed by atoms with E-state index in [-0.39, 0.29) is 11.9 Å². The van der Waals surface area contributed by atoms with Gasteiger partial charge in [0.25, 0.3) is 5.91 Å². The molecule has 1 N–H and O–H groups in total. The lowest BCUT2D eigenvalue weighted by Gasteiger charge is -2.31. The fourth-order valence-corrected chi connectivity index (χ4v) is 3.66. The Hall–Kier alpha value is -2.70. The first-order valence-electron chi connectivity index (χ1n) is 10.0. The summed E-state index contributed by atoms with van der Waals surface area (Å²) in [6, 6.07) is 7.31. The van der Waals surface area contributed by atoms with Gasteiger partial charge >= 0.3 is 12.0 Å². The van der Waals surface area contributed by atoms with E-state index in [1.165, 1.54) is 35.3 Å². The summed E-state index contributed by atoms with van der Waals surface area (Å²) in [5, 5.41) is 3.40. The molecule has 28 heavy (non-hydrogen) atoms. The minimum Gasteiger partial charge on any atom is -0.275 e. The van der Waals surface area contributed by atoms with Crippen LogP contribution in [0.3, 0.4) is 0 Å². The number of rotatable bonds is 7. The number of carbonyl (C=O) groups excluding carboxylic acids is 2. The predicted octanol–water partition coefficient (Wildman–Crippen LogP) is 2.34. The van der Waals surface area contributed by atoms with Crippen molar-refractivity contribution < 1.29 is 14.2 Å². The zero-order chi connectivity index (χ0) is 20.3. The zero-order valence-electron chi connectivity index (χ0n) is 17.2. The van der Waals surface area contributed by atoms with E-state index in [1.54, 1.807) is 7.05 Å². The van der Waals surface area contributed by atoms with E-state index < -0.39 is 6.04 Å². The number of unbranched alkanes of at least 4 members (excludes halogenated alkanes) is 3. The van der Waals surface area contributed by atoms with Crippen molar-refractivity contribution in [2.24, 2.45) is 4.99 Å². The highest BCUT2D eigenvalue weighted by Gasteiger charge is 2.51. The summed E-state index contributed by atoms with van der Waals surface area (Å²) >= 11 is 0. The number of urea groups is 1. The molecular formula is C21H30N5O2+. The molecule has 1 atom stereocenters. The van der Waals surface area contributed by atoms with Crippen LogP contribution in [0.2, 0.25) is 0 Å². The highest BCUT2D eigenvalue weighted by molar-refractivity contribution is 6.22. The normalized spacial score (nSPS) is 19.3. The topological polar surface area (TPSA) is 68.0 Å². The van der Waals surface area contributed by atoms with E-state index >= 15 is 0 Å². The van der Waals surface area contributed by atoms with Crippen LogP contribution < -0.4 is 5.32 Å². The second-order valence-corrected chi connectivity index (χ2v) is 7.54. The number of amidine groups is 1. The Labute approximate surface area is 166 Å². The molecular weight excluding hydrogens is 354 g/mol. The van der Waals surface area contributed by atoms with Gasteiger partial charge in [0.1, 0.15) is 0 Å². The molecule has 7 nitrogen and oxygen atoms in total. The highest BCUT2D eigenvalue weighted by atomic mass is 16.2. The van der Waals surface area contributed by atoms with Crippen molar-refractivity contribution in [1.29, 1.82) is 0 Å². The smallest absolute Gasteiger partial charge is 0.275 e. The third-order valence-electron chi connectivity index (χ3n) is 5.28. The number of imide groups is 1. The average Bonchev–Trinajstić information content (AvgIpc) is 3.03. The summed E-state index contributed by atoms with van der Waals surface area (Å²) in [7, 11) is 3.20. The molecule has 0 aliphatic carbocycles. The highest BCUT2D eigenvalue weighted by Crippen LogP contribution is 2.20. The Kier molecular flexibility index (Phi) is 6.11. The fourth-order valence-electron chi connectivity index (χ4n) is 3.66. The molecule has 0 bridgehead atoms. The van der Waals surface area contributed by atoms with Crippen LogP contribution in [0.25, 0.3) is 0 Å². The van der Waals surface area contributed by atoms with Gasteiger partial charge in [-0.3, -0.25) is 19.9 Å². The van der Waals surface area contributed by atoms with Gasteiger partial charge in [0.2, 0.25) is 11.9 Å². The minimum absolute atomic E-state index is 0.239. The first kappa shape index (κ1) is 20.0. The molecule has 0 spiro atoms. The van der Waals surface area contributed by atoms with Gasteiger partial charge in [-0.25, -0.2) is 9.37 Å². The van der Waals surface area contributed by atoms with Crippen molar-refractivity contribution in [3.63, 3.8) is 0 Å². The Balaban J connectivity index is 1.88. The second-order valence-electron chi connectivity index (χ2n) is 7.54. The Morgan fingerprint density at radius 2 is 1.93 bits per heavy atom. The number of likely N-dealkylation sites (N-methyl/N-ethyl adjacent to an activating group) is 2. The van der Waals surface area contributed by atoms with Gasteiger partial charge in [0.15, 0.2) is 0 Å². The number of aliphatic imine (C=N–C) groups is 1. The summed E-state index contributed by atoms with van der Waals surface area (Å²) in [6.45, 7) is 5.59. The molecule has 0 radical (unpaired) electrons. The fraction of sp³-hybridized carbons (Fsp3) is 0.524. The molecule has 0 aromatic heterocycles. The molecule has 3 amide bonds. The van der Waals surface area contributed by atoms with Gasteiger partial charge in [0.05, 0.1) is 13.1 Å². The summed E-state index contributed by atoms with van der Waals surface area (Å²) in [6.07, 6.45) is 4.61. The number of aryl methyl sites for hydroxylation is 1. The van der Waals surface area contributed by atoms with Crippen molar-refractivity contribution in [3.05, 3.63) is 35.4 Å². The maximum Gasteiger partial charge on any atom is 0.390 e. The quantitative estimate of drug-likeness (QED) is 0.580. The van der Waals surface area contributed by atoms with Gasteiger partial charge in [-0.05, 0) is 18.9 Å². The molecule has 2 aliphatic heterocycles. The third-order valence-corrected chi connectivity index (χ3v) is 5.28. The predicted molar refractivity (Wildman–Crippen MR) is 109 cm³/mol. The molecule has 3 rings (SSSR count). The maximum atomic E-state index is 12.9. The largest absolute Gasteiger partial charge is 0.390 e. The molecule has 2 aliphatic rings. The van der Waals surface area contributed by atoms with Crippen LogP contribution in [0.4, 0.5) is 4.79 Å². The minimum atomic E-state index is -0.577. The summed E-state index contributed by atoms with van der Waals surface area (Å²) in [5.74, 6) is 0.926. The molecule has 150 valence electrons. The Bertz CT molecular complexity index is 830. The number of amides is 3. The number of hydrogen-bond donors (Lipinski definition) is 1. The van der Waals surface area contributed by atoms with Crippen molar-refractivity contribution in [2.75, 3.05) is 20.6 Å². The van der Waals surface area contributed by atoms with Crippen molar-refractivity contribution >= 4 is 23.7 Å². The lowest BCUT2D eigenvalue weighted by molar-refractivity contribution is -0.553. The van der Waals surface area contributed by atoms with Crippen LogP contribution in [0, 0.1) is 6.92 Å². The lowest BCUT2D eigenvalue weighted by Crippen LogP contribution is -2.61. The molecule has 1 aromatic rings. The molecule has 1 saturated heterocycles. The Morgan fingerprint density at radius 3 is 2.64 bits per heavy atom. The maximum absolute atomic E-state index is 12.9. The van der Waals surface area contributed by atoms with Crippen molar-refractivity contribution in [1.82, 2.24) is 15.1 Å². The van der Waals surface area contributed by atoms with Crippen LogP contribution in [-0.4, -0.2) is 64.8 Å². The number of guanidine groups is 1. The molecule has 0 saturated carbocycles. The van der Waals surface area contributed by atoms with Gasteiger partial charge in [-0.15, -0.1) is 0 Å². The van der Waals surface area contributed by atoms with E-state index in [2.05, 4.69) is 42.4 Å². The zero-order valence-corrected chi connectivity index (χ0v) is 17.2. The van der Waals surface area contributed by atoms with Crippen LogP contribution in [0.15, 0.2) is 29.3 Å². The number of hydrogen-bond acceptors (Lipinski definition) is 4. The standard InChI is InChI=1S/C21H29N5O2/c1-5-6-7-8-12-22-20-23-18-17(19(27)25(4)21(28)24(18)3)26(20)14-16-11-9-10-15(2)13-16/h9-11,13,17H,5-8,12,14H2,1-4H3/p+1. The van der Waals surface area contributed by atoms with Crippen LogP contribution in [-0.2, 0) is 11.3 Å². The van der Waals surface area contributed by atoms with Crippen LogP contribution in [0.1, 0.15) is 43.7 Å². The Morgan fingerprint density at radius 1 is 1.14 bits per heavy atom. The van der Waals surface area contributed by atoms with E-state index in [9.17, 15) is 9.59 Å². The molecule has 1 unspecified atom stereocenters. The third kappa shape index (κ3) is 3.93. The van der Waals surface area contributed by atoms with Gasteiger partial charge in [0, 0.05) is 14.1 Å². The number of nitrogens with one attached hydrogen (secondary N) is 1. The van der Waals surface area contributed by atoms with Crippen LogP contribution >= 0.6 is 0 Å². The van der Waals surface area contributed by atoms with Gasteiger partial charge in [-0.2, -0.15) is 0 Å². The van der Waals surface area contributed by atoms with E-state index in [4.69, 9.17) is 0 Å². The number of carbonyl (C=O) groups is 2. The molecule has 1 aromatic carbocycles. The summed E-state index contributed by atoms with van der Waals surface area (Å²) in [5.41, 5.74) is 2.28. The summed E-state index contributed by atoms with van der Waals surface area (Å²) < 4.78 is 1.98. The number of nitrogens with zero attached hydrogens (tertiary/aromatic N) is 4. The van der Waals surface area contributed by atoms with Crippen LogP contribution in [0.5, 0.6) is 0 Å². The van der Waals surface area contributed by atoms with Crippen molar-refractivity contribution in [2.45, 2.75) is 52.1 Å². The van der Waals surface area contributed by atoms with Gasteiger partial charge in [-0.1, -0.05) is 61.0 Å². The van der Waals surface area contributed by atoms with Crippen molar-refractivity contribution in [3.8, 4) is 0 Å². The van der Waals surface area contributed by atoms with E-state index in [0.717, 1.165) is 24.9 Å². The number of benzene rings is 1. The van der Waals surface area contributed by atoms with E-state index in [1.807, 2.05) is 10.6 Å². The summed E-state index contributed by atoms with van der Waals surface area (Å²) in [4.78, 5) is 32.5. The molecule has 2 heterocycles. The SMILES string of the molecule is CCCCCCNC1=[N+](Cc2cccc(C)c2)C2C(=O)N(C)C(=O)N(C)C2=N1. The molecule has 1 fully saturated rings. The molecule has 7 heteroatoms. The average molecular weight is 385 g/mol. The second kappa shape index (κ2) is 8.54. The number of fused-ring (bicyclic) bond motifs is 1. The van der Waals surface area contributed by atoms with Gasteiger partial charge < -0.3 is 0 Å². The van der Waals surface area contributed by atoms with E-state index in [0.29, 0.717) is 18.3 Å².